The number of piperazine rings is 1. The van der Waals surface area contributed by atoms with E-state index < -0.39 is 0 Å². The zero-order valence-corrected chi connectivity index (χ0v) is 21.1. The highest BCUT2D eigenvalue weighted by atomic mass is 16.1. The molecule has 5 rings (SSSR count). The van der Waals surface area contributed by atoms with Gasteiger partial charge in [0, 0.05) is 50.7 Å². The number of rotatable bonds is 6. The normalized spacial score (nSPS) is 14.1. The Kier molecular flexibility index (Phi) is 6.82. The number of hydrogen-bond acceptors (Lipinski definition) is 5. The molecule has 36 heavy (non-hydrogen) atoms. The lowest BCUT2D eigenvalue weighted by Crippen LogP contribution is -2.44. The molecule has 184 valence electrons. The van der Waals surface area contributed by atoms with Crippen LogP contribution in [0.2, 0.25) is 0 Å². The highest BCUT2D eigenvalue weighted by molar-refractivity contribution is 6.00. The van der Waals surface area contributed by atoms with Gasteiger partial charge < -0.3 is 15.1 Å². The predicted molar refractivity (Wildman–Crippen MR) is 144 cm³/mol. The lowest BCUT2D eigenvalue weighted by molar-refractivity contribution is 0.0951. The van der Waals surface area contributed by atoms with E-state index >= 15 is 0 Å². The van der Waals surface area contributed by atoms with E-state index in [9.17, 15) is 4.79 Å². The second kappa shape index (κ2) is 10.3. The Balaban J connectivity index is 1.35. The number of hydrogen-bond donors (Lipinski definition) is 1. The summed E-state index contributed by atoms with van der Waals surface area (Å²) in [5, 5.41) is 7.87. The summed E-state index contributed by atoms with van der Waals surface area (Å²) < 4.78 is 1.77. The van der Waals surface area contributed by atoms with Gasteiger partial charge in [0.2, 0.25) is 0 Å². The SMILES string of the molecule is Cc1ccc(-c2nn(-c3ccccc3)cc2C(=O)NCc2ccc(N3CCN(C)CC3)nc2)cc1C. The predicted octanol–water partition coefficient (Wildman–Crippen LogP) is 4.23. The van der Waals surface area contributed by atoms with E-state index in [0.717, 1.165) is 48.8 Å². The first kappa shape index (κ1) is 23.8. The van der Waals surface area contributed by atoms with Crippen LogP contribution in [-0.2, 0) is 6.54 Å². The molecule has 7 nitrogen and oxygen atoms in total. The van der Waals surface area contributed by atoms with Crippen LogP contribution in [0, 0.1) is 13.8 Å². The Morgan fingerprint density at radius 1 is 0.944 bits per heavy atom. The van der Waals surface area contributed by atoms with Crippen LogP contribution in [0.25, 0.3) is 16.9 Å². The fourth-order valence-electron chi connectivity index (χ4n) is 4.38. The maximum absolute atomic E-state index is 13.4. The van der Waals surface area contributed by atoms with Gasteiger partial charge in [-0.2, -0.15) is 5.10 Å². The summed E-state index contributed by atoms with van der Waals surface area (Å²) in [6.45, 7) is 8.60. The third-order valence-corrected chi connectivity index (χ3v) is 6.85. The number of nitrogens with zero attached hydrogens (tertiary/aromatic N) is 5. The average Bonchev–Trinajstić information content (AvgIpc) is 3.36. The van der Waals surface area contributed by atoms with Gasteiger partial charge in [0.1, 0.15) is 11.5 Å². The average molecular weight is 481 g/mol. The molecule has 0 unspecified atom stereocenters. The highest BCUT2D eigenvalue weighted by Gasteiger charge is 2.19. The summed E-state index contributed by atoms with van der Waals surface area (Å²) in [5.74, 6) is 0.827. The van der Waals surface area contributed by atoms with Gasteiger partial charge in [0.25, 0.3) is 5.91 Å². The third kappa shape index (κ3) is 5.16. The number of para-hydroxylation sites is 1. The van der Waals surface area contributed by atoms with Crippen molar-refractivity contribution in [2.45, 2.75) is 20.4 Å². The molecule has 2 aromatic heterocycles. The molecule has 0 radical (unpaired) electrons. The second-order valence-corrected chi connectivity index (χ2v) is 9.47. The molecule has 1 N–H and O–H groups in total. The van der Waals surface area contributed by atoms with Crippen molar-refractivity contribution in [2.75, 3.05) is 38.1 Å². The van der Waals surface area contributed by atoms with Crippen molar-refractivity contribution in [1.82, 2.24) is 25.0 Å². The molecule has 7 heteroatoms. The molecule has 1 aliphatic rings. The van der Waals surface area contributed by atoms with E-state index in [2.05, 4.69) is 53.1 Å². The van der Waals surface area contributed by atoms with Crippen molar-refractivity contribution in [2.24, 2.45) is 0 Å². The molecular weight excluding hydrogens is 448 g/mol. The fourth-order valence-corrected chi connectivity index (χ4v) is 4.38. The van der Waals surface area contributed by atoms with Crippen molar-refractivity contribution >= 4 is 11.7 Å². The van der Waals surface area contributed by atoms with Gasteiger partial charge in [0.15, 0.2) is 0 Å². The van der Waals surface area contributed by atoms with Crippen LogP contribution in [0.5, 0.6) is 0 Å². The molecule has 0 atom stereocenters. The zero-order valence-electron chi connectivity index (χ0n) is 21.1. The molecule has 0 aliphatic carbocycles. The first-order chi connectivity index (χ1) is 17.5. The summed E-state index contributed by atoms with van der Waals surface area (Å²) >= 11 is 0. The van der Waals surface area contributed by atoms with Crippen molar-refractivity contribution in [3.05, 3.63) is 95.3 Å². The summed E-state index contributed by atoms with van der Waals surface area (Å²) in [6, 6.07) is 20.1. The molecule has 1 fully saturated rings. The number of pyridine rings is 1. The molecule has 1 aliphatic heterocycles. The van der Waals surface area contributed by atoms with Gasteiger partial charge in [-0.05, 0) is 61.9 Å². The summed E-state index contributed by atoms with van der Waals surface area (Å²) in [7, 11) is 2.14. The van der Waals surface area contributed by atoms with Gasteiger partial charge in [-0.3, -0.25) is 4.79 Å². The number of amides is 1. The molecule has 0 spiro atoms. The lowest BCUT2D eigenvalue weighted by Gasteiger charge is -2.33. The smallest absolute Gasteiger partial charge is 0.255 e. The molecule has 0 saturated carbocycles. The minimum atomic E-state index is -0.159. The molecule has 1 saturated heterocycles. The van der Waals surface area contributed by atoms with Crippen LogP contribution in [0.1, 0.15) is 27.0 Å². The van der Waals surface area contributed by atoms with Crippen LogP contribution in [0.3, 0.4) is 0 Å². The summed E-state index contributed by atoms with van der Waals surface area (Å²) in [5.41, 5.74) is 6.39. The van der Waals surface area contributed by atoms with Crippen LogP contribution in [0.4, 0.5) is 5.82 Å². The Morgan fingerprint density at radius 3 is 2.42 bits per heavy atom. The van der Waals surface area contributed by atoms with E-state index in [1.54, 1.807) is 4.68 Å². The maximum Gasteiger partial charge on any atom is 0.255 e. The van der Waals surface area contributed by atoms with Crippen molar-refractivity contribution < 1.29 is 4.79 Å². The van der Waals surface area contributed by atoms with Gasteiger partial charge in [-0.25, -0.2) is 9.67 Å². The highest BCUT2D eigenvalue weighted by Crippen LogP contribution is 2.26. The van der Waals surface area contributed by atoms with Gasteiger partial charge >= 0.3 is 0 Å². The quantitative estimate of drug-likeness (QED) is 0.447. The van der Waals surface area contributed by atoms with E-state index in [1.807, 2.05) is 60.9 Å². The van der Waals surface area contributed by atoms with Gasteiger partial charge in [0.05, 0.1) is 11.3 Å². The van der Waals surface area contributed by atoms with Gasteiger partial charge in [-0.1, -0.05) is 36.4 Å². The van der Waals surface area contributed by atoms with E-state index in [4.69, 9.17) is 5.10 Å². The monoisotopic (exact) mass is 480 g/mol. The Morgan fingerprint density at radius 2 is 1.72 bits per heavy atom. The number of likely N-dealkylation sites (N-methyl/N-ethyl adjacent to an activating group) is 1. The number of aryl methyl sites for hydroxylation is 2. The molecular formula is C29H32N6O. The van der Waals surface area contributed by atoms with E-state index in [1.165, 1.54) is 11.1 Å². The van der Waals surface area contributed by atoms with Crippen molar-refractivity contribution in [3.8, 4) is 16.9 Å². The Labute approximate surface area is 212 Å². The molecule has 0 bridgehead atoms. The molecule has 4 aromatic rings. The number of nitrogens with one attached hydrogen (secondary N) is 1. The zero-order chi connectivity index (χ0) is 25.1. The lowest BCUT2D eigenvalue weighted by atomic mass is 10.0. The number of carbonyl (C=O) groups excluding carboxylic acids is 1. The number of benzene rings is 2. The van der Waals surface area contributed by atoms with Crippen molar-refractivity contribution in [1.29, 1.82) is 0 Å². The number of carbonyl (C=O) groups is 1. The topological polar surface area (TPSA) is 66.3 Å². The number of anilines is 1. The van der Waals surface area contributed by atoms with Crippen LogP contribution in [-0.4, -0.2) is 58.8 Å². The maximum atomic E-state index is 13.4. The van der Waals surface area contributed by atoms with Crippen LogP contribution >= 0.6 is 0 Å². The summed E-state index contributed by atoms with van der Waals surface area (Å²) in [4.78, 5) is 22.6. The first-order valence-corrected chi connectivity index (χ1v) is 12.4. The van der Waals surface area contributed by atoms with E-state index in [-0.39, 0.29) is 5.91 Å². The van der Waals surface area contributed by atoms with Crippen molar-refractivity contribution in [3.63, 3.8) is 0 Å². The first-order valence-electron chi connectivity index (χ1n) is 12.4. The largest absolute Gasteiger partial charge is 0.354 e. The minimum Gasteiger partial charge on any atom is -0.354 e. The second-order valence-electron chi connectivity index (χ2n) is 9.47. The molecule has 3 heterocycles. The Hall–Kier alpha value is -3.97. The minimum absolute atomic E-state index is 0.159. The molecule has 1 amide bonds. The number of aromatic nitrogens is 3. The van der Waals surface area contributed by atoms with Crippen LogP contribution < -0.4 is 10.2 Å². The van der Waals surface area contributed by atoms with Gasteiger partial charge in [-0.15, -0.1) is 0 Å². The third-order valence-electron chi connectivity index (χ3n) is 6.85. The summed E-state index contributed by atoms with van der Waals surface area (Å²) in [6.07, 6.45) is 3.66. The standard InChI is InChI=1S/C29H32N6O/c1-21-9-11-24(17-22(21)2)28-26(20-35(32-28)25-7-5-4-6-8-25)29(36)31-19-23-10-12-27(30-18-23)34-15-13-33(3)14-16-34/h4-12,17-18,20H,13-16,19H2,1-3H3,(H,31,36). The Bertz CT molecular complexity index is 1340. The van der Waals surface area contributed by atoms with Crippen LogP contribution in [0.15, 0.2) is 73.1 Å². The van der Waals surface area contributed by atoms with E-state index in [0.29, 0.717) is 17.8 Å². The molecule has 2 aromatic carbocycles. The fraction of sp³-hybridized carbons (Fsp3) is 0.276.